The number of halogens is 1. The number of nitrogens with zero attached hydrogens (tertiary/aromatic N) is 4. The van der Waals surface area contributed by atoms with Gasteiger partial charge in [-0.1, -0.05) is 31.8 Å². The number of hydrogen-bond acceptors (Lipinski definition) is 11. The predicted octanol–water partition coefficient (Wildman–Crippen LogP) is 1.41. The van der Waals surface area contributed by atoms with Crippen molar-refractivity contribution in [2.24, 2.45) is 5.41 Å². The highest BCUT2D eigenvalue weighted by atomic mass is 32.4. The topological polar surface area (TPSA) is 159 Å². The summed E-state index contributed by atoms with van der Waals surface area (Å²) in [5.41, 5.74) is 3.43. The van der Waals surface area contributed by atoms with Crippen LogP contribution in [-0.4, -0.2) is 74.8 Å². The van der Waals surface area contributed by atoms with Gasteiger partial charge in [-0.2, -0.15) is 9.97 Å². The van der Waals surface area contributed by atoms with Crippen LogP contribution in [0.4, 0.5) is 16.2 Å². The number of esters is 1. The summed E-state index contributed by atoms with van der Waals surface area (Å²) in [4.78, 5) is 24.5. The molecule has 0 radical (unpaired) electrons. The van der Waals surface area contributed by atoms with E-state index in [9.17, 15) is 9.90 Å². The molecule has 3 rings (SSSR count). The first-order valence-corrected chi connectivity index (χ1v) is 13.3. The fraction of sp³-hybridized carbons (Fsp3) is 0.619. The average Bonchev–Trinajstić information content (AvgIpc) is 3.33. The van der Waals surface area contributed by atoms with Gasteiger partial charge in [-0.3, -0.25) is 9.36 Å². The normalized spacial score (nSPS) is 25.4. The molecular formula is C21H30FN7O5PS+. The van der Waals surface area contributed by atoms with E-state index in [-0.39, 0.29) is 30.2 Å². The number of aromatic nitrogens is 4. The van der Waals surface area contributed by atoms with Gasteiger partial charge in [-0.25, -0.2) is 9.37 Å². The molecule has 1 fully saturated rings. The van der Waals surface area contributed by atoms with E-state index in [4.69, 9.17) is 38.0 Å². The van der Waals surface area contributed by atoms with E-state index in [0.29, 0.717) is 11.3 Å². The number of nitrogens with one attached hydrogen (secondary N) is 2. The maximum Gasteiger partial charge on any atom is 0.440 e. The molecule has 2 aromatic rings. The van der Waals surface area contributed by atoms with Crippen LogP contribution in [0.5, 0.6) is 0 Å². The van der Waals surface area contributed by atoms with Crippen molar-refractivity contribution in [3.8, 4) is 12.3 Å². The number of hydrogen-bond donors (Lipinski definition) is 4. The molecule has 5 N–H and O–H groups in total. The van der Waals surface area contributed by atoms with Crippen LogP contribution < -0.4 is 16.1 Å². The lowest BCUT2D eigenvalue weighted by molar-refractivity contribution is -0.147. The van der Waals surface area contributed by atoms with Gasteiger partial charge >= 0.3 is 13.0 Å². The maximum absolute atomic E-state index is 15.8. The minimum absolute atomic E-state index is 0.0739. The lowest BCUT2D eigenvalue weighted by Gasteiger charge is -2.23. The summed E-state index contributed by atoms with van der Waals surface area (Å²) >= 11 is 5.26. The molecule has 0 amide bonds. The maximum atomic E-state index is 15.8. The van der Waals surface area contributed by atoms with Gasteiger partial charge in [-0.15, -0.1) is 10.9 Å². The Hall–Kier alpha value is -2.53. The molecule has 0 aliphatic carbocycles. The summed E-state index contributed by atoms with van der Waals surface area (Å²) in [6.45, 7) is 7.37. The Morgan fingerprint density at radius 1 is 1.53 bits per heavy atom. The van der Waals surface area contributed by atoms with Gasteiger partial charge in [0.25, 0.3) is 0 Å². The zero-order valence-electron chi connectivity index (χ0n) is 20.6. The predicted molar refractivity (Wildman–Crippen MR) is 135 cm³/mol. The van der Waals surface area contributed by atoms with Gasteiger partial charge in [-0.05, 0) is 12.3 Å². The second-order valence-electron chi connectivity index (χ2n) is 9.46. The van der Waals surface area contributed by atoms with Crippen molar-refractivity contribution in [1.29, 1.82) is 0 Å². The molecule has 15 heteroatoms. The summed E-state index contributed by atoms with van der Waals surface area (Å²) in [5.74, 6) is 1.77. The smallest absolute Gasteiger partial charge is 0.440 e. The van der Waals surface area contributed by atoms with Crippen LogP contribution in [0.25, 0.3) is 11.2 Å². The average molecular weight is 543 g/mol. The Bertz CT molecular complexity index is 1190. The summed E-state index contributed by atoms with van der Waals surface area (Å²) in [7, 11) is -0.136. The fourth-order valence-corrected chi connectivity index (χ4v) is 4.83. The van der Waals surface area contributed by atoms with Crippen molar-refractivity contribution in [2.75, 3.05) is 31.3 Å². The van der Waals surface area contributed by atoms with Gasteiger partial charge in [0.15, 0.2) is 23.2 Å². The number of aliphatic hydroxyl groups is 1. The minimum atomic E-state index is -2.64. The van der Waals surface area contributed by atoms with Gasteiger partial charge in [0.2, 0.25) is 23.4 Å². The highest BCUT2D eigenvalue weighted by Gasteiger charge is 2.58. The van der Waals surface area contributed by atoms with E-state index >= 15 is 4.39 Å². The van der Waals surface area contributed by atoms with Crippen molar-refractivity contribution in [2.45, 2.75) is 57.8 Å². The number of aliphatic hydroxyl groups excluding tert-OH is 1. The number of carbonyl (C=O) groups excluding carboxylic acids is 1. The number of imidazole rings is 1. The molecule has 3 heterocycles. The van der Waals surface area contributed by atoms with E-state index in [1.54, 1.807) is 14.0 Å². The van der Waals surface area contributed by atoms with E-state index in [1.807, 2.05) is 26.7 Å². The fourth-order valence-electron chi connectivity index (χ4n) is 3.39. The van der Waals surface area contributed by atoms with Crippen molar-refractivity contribution >= 4 is 47.8 Å². The Labute approximate surface area is 214 Å². The van der Waals surface area contributed by atoms with Gasteiger partial charge in [0.05, 0.1) is 12.9 Å². The number of anilines is 2. The summed E-state index contributed by atoms with van der Waals surface area (Å²) in [5, 5.41) is 16.4. The van der Waals surface area contributed by atoms with Gasteiger partial charge in [0, 0.05) is 7.05 Å². The molecule has 1 unspecified atom stereocenters. The molecule has 1 aliphatic heterocycles. The molecule has 1 aliphatic rings. The molecule has 0 spiro atoms. The van der Waals surface area contributed by atoms with Crippen LogP contribution in [0.1, 0.15) is 33.9 Å². The molecule has 0 bridgehead atoms. The summed E-state index contributed by atoms with van der Waals surface area (Å²) in [6, 6.07) is -0.729. The second kappa shape index (κ2) is 10.8. The minimum Gasteiger partial charge on any atom is -0.464 e. The van der Waals surface area contributed by atoms with Crippen LogP contribution in [0, 0.1) is 17.8 Å². The first-order chi connectivity index (χ1) is 16.8. The zero-order chi connectivity index (χ0) is 26.8. The number of fused-ring (bicyclic) bond motifs is 1. The van der Waals surface area contributed by atoms with E-state index in [0.717, 1.165) is 0 Å². The number of rotatable bonds is 9. The molecule has 12 nitrogen and oxygen atoms in total. The van der Waals surface area contributed by atoms with Crippen LogP contribution in [0.3, 0.4) is 0 Å². The van der Waals surface area contributed by atoms with Crippen LogP contribution >= 0.6 is 7.07 Å². The monoisotopic (exact) mass is 542 g/mol. The molecule has 2 aromatic heterocycles. The lowest BCUT2D eigenvalue weighted by Crippen LogP contribution is -2.42. The third kappa shape index (κ3) is 5.88. The Morgan fingerprint density at radius 3 is 2.83 bits per heavy atom. The lowest BCUT2D eigenvalue weighted by atomic mass is 9.97. The molecular weight excluding hydrogens is 512 g/mol. The Morgan fingerprint density at radius 2 is 2.22 bits per heavy atom. The van der Waals surface area contributed by atoms with Crippen molar-refractivity contribution in [1.82, 2.24) is 24.6 Å². The van der Waals surface area contributed by atoms with Crippen LogP contribution in [0.2, 0.25) is 0 Å². The highest BCUT2D eigenvalue weighted by Crippen LogP contribution is 2.43. The number of carbonyl (C=O) groups is 1. The van der Waals surface area contributed by atoms with Crippen LogP contribution in [-0.2, 0) is 30.6 Å². The Balaban J connectivity index is 1.70. The number of alkyl halides is 1. The Kier molecular flexibility index (Phi) is 8.44. The van der Waals surface area contributed by atoms with Crippen molar-refractivity contribution in [3.05, 3.63) is 6.33 Å². The standard InChI is InChI=1S/C21H30FN7O5PS/c1-7-21(22)14(30)12(8-33-35(36)28-11(2)17(31)32-9-20(3,4)5)34-18(21)29-10-25-13-15(24-6)26-19(23)27-16(13)29/h1,10-12,14,18,30H,8-9H2,2-6H3,(H,28,36)(H3,23,24,26,27)/q+1/t11-,12-,14-,18-,21-/m1/s1. The van der Waals surface area contributed by atoms with E-state index in [1.165, 1.54) is 10.9 Å². The SMILES string of the molecule is C#C[C@@]1(F)[C@H](O)[C@@H](CO[P+](=S)N[C@H](C)C(=O)OCC(C)(C)C)O[C@H]1n1cnc2c(NC)nc(N)nc21. The molecule has 36 heavy (non-hydrogen) atoms. The second-order valence-corrected chi connectivity index (χ2v) is 11.5. The molecule has 196 valence electrons. The quantitative estimate of drug-likeness (QED) is 0.205. The highest BCUT2D eigenvalue weighted by molar-refractivity contribution is 8.02. The third-order valence-corrected chi connectivity index (χ3v) is 6.87. The molecule has 1 saturated heterocycles. The number of ether oxygens (including phenoxy) is 2. The van der Waals surface area contributed by atoms with Gasteiger partial charge < -0.3 is 25.6 Å². The zero-order valence-corrected chi connectivity index (χ0v) is 22.3. The van der Waals surface area contributed by atoms with Crippen molar-refractivity contribution in [3.63, 3.8) is 0 Å². The summed E-state index contributed by atoms with van der Waals surface area (Å²) in [6.07, 6.45) is 2.35. The van der Waals surface area contributed by atoms with Gasteiger partial charge in [0.1, 0.15) is 24.9 Å². The third-order valence-electron chi connectivity index (χ3n) is 5.25. The van der Waals surface area contributed by atoms with Crippen LogP contribution in [0.15, 0.2) is 6.33 Å². The number of nitrogen functional groups attached to an aromatic ring is 1. The number of terminal acetylenes is 1. The van der Waals surface area contributed by atoms with Crippen molar-refractivity contribution < 1.29 is 28.3 Å². The first-order valence-electron chi connectivity index (χ1n) is 11.0. The summed E-state index contributed by atoms with van der Waals surface area (Å²) < 4.78 is 33.7. The van der Waals surface area contributed by atoms with E-state index < -0.39 is 43.2 Å². The molecule has 6 atom stereocenters. The first kappa shape index (κ1) is 28.0. The molecule has 0 aromatic carbocycles. The molecule has 0 saturated carbocycles. The number of nitrogens with two attached hydrogens (primary N) is 1. The van der Waals surface area contributed by atoms with E-state index in [2.05, 4.69) is 25.4 Å². The largest absolute Gasteiger partial charge is 0.464 e.